The number of benzene rings is 2. The predicted molar refractivity (Wildman–Crippen MR) is 118 cm³/mol. The van der Waals surface area contributed by atoms with Crippen molar-refractivity contribution in [3.63, 3.8) is 0 Å². The van der Waals surface area contributed by atoms with Crippen LogP contribution in [0.3, 0.4) is 0 Å². The Morgan fingerprint density at radius 2 is 1.91 bits per heavy atom. The van der Waals surface area contributed by atoms with Crippen LogP contribution in [0.5, 0.6) is 11.5 Å². The SMILES string of the molecule is COc1cc([C@@H]2C(=C(O)c3ccc(Cl)cc3)C(=O)C(=O)N2Cc2cccnc2)ccc1O. The predicted octanol–water partition coefficient (Wildman–Crippen LogP) is 4.07. The summed E-state index contributed by atoms with van der Waals surface area (Å²) in [6.45, 7) is 0.101. The molecule has 1 amide bonds. The molecule has 8 heteroatoms. The van der Waals surface area contributed by atoms with E-state index in [9.17, 15) is 19.8 Å². The van der Waals surface area contributed by atoms with Crippen molar-refractivity contribution >= 4 is 29.1 Å². The first-order valence-electron chi connectivity index (χ1n) is 9.71. The van der Waals surface area contributed by atoms with E-state index < -0.39 is 17.7 Å². The molecule has 0 saturated carbocycles. The van der Waals surface area contributed by atoms with E-state index in [1.807, 2.05) is 0 Å². The van der Waals surface area contributed by atoms with Gasteiger partial charge in [0.05, 0.1) is 18.7 Å². The molecular weight excluding hydrogens is 432 g/mol. The number of hydrogen-bond acceptors (Lipinski definition) is 6. The maximum atomic E-state index is 13.1. The first-order chi connectivity index (χ1) is 15.4. The second-order valence-corrected chi connectivity index (χ2v) is 7.66. The summed E-state index contributed by atoms with van der Waals surface area (Å²) < 4.78 is 5.20. The van der Waals surface area contributed by atoms with Gasteiger partial charge in [0.1, 0.15) is 5.76 Å². The number of aliphatic hydroxyl groups excluding tert-OH is 1. The molecule has 0 spiro atoms. The number of amides is 1. The normalized spacial score (nSPS) is 17.6. The van der Waals surface area contributed by atoms with E-state index >= 15 is 0 Å². The van der Waals surface area contributed by atoms with Crippen molar-refractivity contribution < 1.29 is 24.5 Å². The number of methoxy groups -OCH3 is 1. The maximum absolute atomic E-state index is 13.1. The maximum Gasteiger partial charge on any atom is 0.295 e. The molecule has 1 aliphatic rings. The first kappa shape index (κ1) is 21.4. The molecule has 2 aromatic carbocycles. The zero-order valence-electron chi connectivity index (χ0n) is 17.0. The van der Waals surface area contributed by atoms with Gasteiger partial charge in [-0.05, 0) is 53.6 Å². The summed E-state index contributed by atoms with van der Waals surface area (Å²) in [5.74, 6) is -1.77. The minimum absolute atomic E-state index is 0.0612. The highest BCUT2D eigenvalue weighted by molar-refractivity contribution is 6.46. The number of rotatable bonds is 5. The number of aliphatic hydroxyl groups is 1. The number of aromatic hydroxyl groups is 1. The second kappa shape index (κ2) is 8.72. The van der Waals surface area contributed by atoms with E-state index in [0.717, 1.165) is 5.56 Å². The molecule has 0 radical (unpaired) electrons. The van der Waals surface area contributed by atoms with Gasteiger partial charge in [0.15, 0.2) is 11.5 Å². The molecule has 2 heterocycles. The van der Waals surface area contributed by atoms with Crippen LogP contribution in [0.15, 0.2) is 72.6 Å². The molecule has 3 aromatic rings. The molecule has 1 aliphatic heterocycles. The fraction of sp³-hybridized carbons (Fsp3) is 0.125. The molecule has 4 rings (SSSR count). The molecule has 1 fully saturated rings. The Hall–Kier alpha value is -3.84. The Labute approximate surface area is 189 Å². The minimum atomic E-state index is -0.902. The standard InChI is InChI=1S/C24H19ClN2O5/c1-32-19-11-16(6-9-18(19)28)21-20(22(29)15-4-7-17(25)8-5-15)23(30)24(31)27(21)13-14-3-2-10-26-12-14/h2-12,21,28-29H,13H2,1H3/t21-/m1/s1. The summed E-state index contributed by atoms with van der Waals surface area (Å²) in [5, 5.41) is 21.5. The molecule has 1 saturated heterocycles. The Morgan fingerprint density at radius 3 is 2.56 bits per heavy atom. The van der Waals surface area contributed by atoms with Crippen molar-refractivity contribution in [2.24, 2.45) is 0 Å². The zero-order chi connectivity index (χ0) is 22.8. The number of carbonyl (C=O) groups excluding carboxylic acids is 2. The van der Waals surface area contributed by atoms with Gasteiger partial charge in [-0.3, -0.25) is 14.6 Å². The summed E-state index contributed by atoms with van der Waals surface area (Å²) in [5.41, 5.74) is 1.51. The van der Waals surface area contributed by atoms with E-state index in [-0.39, 0.29) is 29.4 Å². The third-order valence-corrected chi connectivity index (χ3v) is 5.50. The van der Waals surface area contributed by atoms with Crippen LogP contribution in [-0.2, 0) is 16.1 Å². The molecule has 0 bridgehead atoms. The summed E-state index contributed by atoms with van der Waals surface area (Å²) in [6.07, 6.45) is 3.22. The number of likely N-dealkylation sites (tertiary alicyclic amines) is 1. The van der Waals surface area contributed by atoms with Crippen molar-refractivity contribution in [2.75, 3.05) is 7.11 Å². The van der Waals surface area contributed by atoms with E-state index in [4.69, 9.17) is 16.3 Å². The number of nitrogens with zero attached hydrogens (tertiary/aromatic N) is 2. The lowest BCUT2D eigenvalue weighted by molar-refractivity contribution is -0.140. The molecular formula is C24H19ClN2O5. The topological polar surface area (TPSA) is 100.0 Å². The third kappa shape index (κ3) is 3.90. The van der Waals surface area contributed by atoms with Crippen molar-refractivity contribution in [1.29, 1.82) is 0 Å². The number of aromatic nitrogens is 1. The van der Waals surface area contributed by atoms with E-state index in [1.54, 1.807) is 54.9 Å². The average molecular weight is 451 g/mol. The number of hydrogen-bond donors (Lipinski definition) is 2. The van der Waals surface area contributed by atoms with Crippen molar-refractivity contribution in [2.45, 2.75) is 12.6 Å². The average Bonchev–Trinajstić information content (AvgIpc) is 3.05. The number of Topliss-reactive ketones (excluding diaryl/α,β-unsaturated/α-hetero) is 1. The van der Waals surface area contributed by atoms with Gasteiger partial charge in [-0.15, -0.1) is 0 Å². The van der Waals surface area contributed by atoms with Crippen LogP contribution in [0, 0.1) is 0 Å². The van der Waals surface area contributed by atoms with Gasteiger partial charge < -0.3 is 19.8 Å². The van der Waals surface area contributed by atoms with Crippen LogP contribution < -0.4 is 4.74 Å². The van der Waals surface area contributed by atoms with Crippen molar-refractivity contribution in [3.05, 3.63) is 94.3 Å². The van der Waals surface area contributed by atoms with Gasteiger partial charge in [-0.25, -0.2) is 0 Å². The Kier molecular flexibility index (Phi) is 5.83. The van der Waals surface area contributed by atoms with Crippen LogP contribution in [0.2, 0.25) is 5.02 Å². The van der Waals surface area contributed by atoms with E-state index in [0.29, 0.717) is 16.1 Å². The highest BCUT2D eigenvalue weighted by Gasteiger charge is 2.46. The Balaban J connectivity index is 1.89. The minimum Gasteiger partial charge on any atom is -0.507 e. The molecule has 2 N–H and O–H groups in total. The van der Waals surface area contributed by atoms with Crippen LogP contribution >= 0.6 is 11.6 Å². The molecule has 0 aliphatic carbocycles. The Bertz CT molecular complexity index is 1210. The fourth-order valence-corrected chi connectivity index (χ4v) is 3.83. The Morgan fingerprint density at radius 1 is 1.16 bits per heavy atom. The van der Waals surface area contributed by atoms with Crippen LogP contribution in [0.4, 0.5) is 0 Å². The van der Waals surface area contributed by atoms with Gasteiger partial charge in [0.25, 0.3) is 11.7 Å². The van der Waals surface area contributed by atoms with Gasteiger partial charge in [-0.1, -0.05) is 23.7 Å². The fourth-order valence-electron chi connectivity index (χ4n) is 3.71. The van der Waals surface area contributed by atoms with E-state index in [2.05, 4.69) is 4.98 Å². The third-order valence-electron chi connectivity index (χ3n) is 5.25. The number of phenolic OH excluding ortho intramolecular Hbond substituents is 1. The van der Waals surface area contributed by atoms with Gasteiger partial charge >= 0.3 is 0 Å². The molecule has 1 atom stereocenters. The second-order valence-electron chi connectivity index (χ2n) is 7.23. The molecule has 0 unspecified atom stereocenters. The summed E-state index contributed by atoms with van der Waals surface area (Å²) in [7, 11) is 1.40. The number of phenols is 1. The largest absolute Gasteiger partial charge is 0.507 e. The van der Waals surface area contributed by atoms with E-state index in [1.165, 1.54) is 24.1 Å². The van der Waals surface area contributed by atoms with Crippen LogP contribution in [0.1, 0.15) is 22.7 Å². The van der Waals surface area contributed by atoms with Crippen LogP contribution in [-0.4, -0.2) is 38.9 Å². The molecule has 7 nitrogen and oxygen atoms in total. The number of ketones is 1. The number of ether oxygens (including phenoxy) is 1. The summed E-state index contributed by atoms with van der Waals surface area (Å²) >= 11 is 5.94. The smallest absolute Gasteiger partial charge is 0.295 e. The van der Waals surface area contributed by atoms with Gasteiger partial charge in [-0.2, -0.15) is 0 Å². The molecule has 32 heavy (non-hydrogen) atoms. The highest BCUT2D eigenvalue weighted by atomic mass is 35.5. The summed E-state index contributed by atoms with van der Waals surface area (Å²) in [4.78, 5) is 31.5. The van der Waals surface area contributed by atoms with Gasteiger partial charge in [0, 0.05) is 29.5 Å². The van der Waals surface area contributed by atoms with Crippen molar-refractivity contribution in [1.82, 2.24) is 9.88 Å². The highest BCUT2D eigenvalue weighted by Crippen LogP contribution is 2.42. The number of halogens is 1. The number of carbonyl (C=O) groups is 2. The molecule has 162 valence electrons. The lowest BCUT2D eigenvalue weighted by atomic mass is 9.95. The monoisotopic (exact) mass is 450 g/mol. The lowest BCUT2D eigenvalue weighted by Gasteiger charge is -2.25. The molecule has 1 aromatic heterocycles. The zero-order valence-corrected chi connectivity index (χ0v) is 17.8. The quantitative estimate of drug-likeness (QED) is 0.345. The summed E-state index contributed by atoms with van der Waals surface area (Å²) in [6, 6.07) is 13.5. The van der Waals surface area contributed by atoms with Crippen LogP contribution in [0.25, 0.3) is 5.76 Å². The first-order valence-corrected chi connectivity index (χ1v) is 10.1. The van der Waals surface area contributed by atoms with Crippen molar-refractivity contribution in [3.8, 4) is 11.5 Å². The van der Waals surface area contributed by atoms with Gasteiger partial charge in [0.2, 0.25) is 0 Å². The lowest BCUT2D eigenvalue weighted by Crippen LogP contribution is -2.29. The number of pyridine rings is 1.